The van der Waals surface area contributed by atoms with Crippen LogP contribution in [-0.2, 0) is 4.79 Å². The third-order valence-corrected chi connectivity index (χ3v) is 2.93. The Morgan fingerprint density at radius 1 is 1.56 bits per heavy atom. The molecular weight excluding hydrogens is 277 g/mol. The van der Waals surface area contributed by atoms with Gasteiger partial charge in [0.05, 0.1) is 16.6 Å². The van der Waals surface area contributed by atoms with E-state index in [2.05, 4.69) is 10.5 Å². The number of hydrogen-bond donors (Lipinski definition) is 3. The van der Waals surface area contributed by atoms with Gasteiger partial charge in [0.15, 0.2) is 5.84 Å². The third kappa shape index (κ3) is 3.51. The zero-order valence-corrected chi connectivity index (χ0v) is 11.2. The predicted octanol–water partition coefficient (Wildman–Crippen LogP) is 2.70. The van der Waals surface area contributed by atoms with Crippen molar-refractivity contribution in [3.05, 3.63) is 28.2 Å². The highest BCUT2D eigenvalue weighted by atomic mass is 35.5. The monoisotopic (exact) mass is 289 g/mol. The van der Waals surface area contributed by atoms with Crippen molar-refractivity contribution in [3.8, 4) is 0 Å². The van der Waals surface area contributed by atoms with Crippen molar-refractivity contribution in [2.24, 2.45) is 16.8 Å². The van der Waals surface area contributed by atoms with Gasteiger partial charge < -0.3 is 16.3 Å². The molecule has 0 bridgehead atoms. The molecule has 1 rings (SSSR count). The molecule has 0 spiro atoms. The Morgan fingerprint density at radius 2 is 2.22 bits per heavy atom. The molecule has 7 heteroatoms. The Labute approximate surface area is 115 Å². The lowest BCUT2D eigenvalue weighted by atomic mass is 10.0. The maximum atomic E-state index is 11.9. The second-order valence-corrected chi connectivity index (χ2v) is 4.44. The van der Waals surface area contributed by atoms with Crippen LogP contribution >= 0.6 is 23.2 Å². The van der Waals surface area contributed by atoms with Crippen LogP contribution in [0.1, 0.15) is 13.3 Å². The molecule has 1 amide bonds. The normalized spacial score (nSPS) is 13.2. The van der Waals surface area contributed by atoms with Gasteiger partial charge in [-0.05, 0) is 24.6 Å². The quantitative estimate of drug-likeness (QED) is 0.345. The average Bonchev–Trinajstić information content (AvgIpc) is 2.33. The van der Waals surface area contributed by atoms with Gasteiger partial charge >= 0.3 is 0 Å². The number of anilines is 1. The predicted molar refractivity (Wildman–Crippen MR) is 72.3 cm³/mol. The lowest BCUT2D eigenvalue weighted by Gasteiger charge is -2.14. The molecule has 0 aliphatic heterocycles. The zero-order chi connectivity index (χ0) is 13.7. The van der Waals surface area contributed by atoms with Crippen molar-refractivity contribution < 1.29 is 10.0 Å². The van der Waals surface area contributed by atoms with Crippen molar-refractivity contribution in [2.75, 3.05) is 5.32 Å². The molecule has 0 saturated carbocycles. The number of amides is 1. The first-order chi connectivity index (χ1) is 8.49. The van der Waals surface area contributed by atoms with E-state index in [1.165, 1.54) is 6.07 Å². The van der Waals surface area contributed by atoms with Gasteiger partial charge in [0.25, 0.3) is 0 Å². The summed E-state index contributed by atoms with van der Waals surface area (Å²) in [5.74, 6) is -1.24. The summed E-state index contributed by atoms with van der Waals surface area (Å²) in [5, 5.41) is 14.8. The lowest BCUT2D eigenvalue weighted by molar-refractivity contribution is -0.118. The van der Waals surface area contributed by atoms with Crippen LogP contribution in [0.5, 0.6) is 0 Å². The average molecular weight is 290 g/mol. The van der Waals surface area contributed by atoms with E-state index in [4.69, 9.17) is 34.1 Å². The van der Waals surface area contributed by atoms with Crippen molar-refractivity contribution in [2.45, 2.75) is 13.3 Å². The minimum absolute atomic E-state index is 0.139. The van der Waals surface area contributed by atoms with E-state index >= 15 is 0 Å². The van der Waals surface area contributed by atoms with Crippen LogP contribution < -0.4 is 11.1 Å². The van der Waals surface area contributed by atoms with E-state index in [9.17, 15) is 4.79 Å². The fourth-order valence-electron chi connectivity index (χ4n) is 1.41. The van der Waals surface area contributed by atoms with E-state index in [1.54, 1.807) is 19.1 Å². The van der Waals surface area contributed by atoms with Crippen LogP contribution in [0.4, 0.5) is 5.69 Å². The molecular formula is C11H13Cl2N3O2. The largest absolute Gasteiger partial charge is 0.409 e. The summed E-state index contributed by atoms with van der Waals surface area (Å²) >= 11 is 11.7. The van der Waals surface area contributed by atoms with Crippen LogP contribution in [0.2, 0.25) is 10.0 Å². The maximum Gasteiger partial charge on any atom is 0.235 e. The molecule has 0 fully saturated rings. The molecule has 18 heavy (non-hydrogen) atoms. The first-order valence-corrected chi connectivity index (χ1v) is 5.98. The minimum atomic E-state index is -0.707. The second-order valence-electron chi connectivity index (χ2n) is 3.60. The zero-order valence-electron chi connectivity index (χ0n) is 9.65. The van der Waals surface area contributed by atoms with E-state index in [-0.39, 0.29) is 5.84 Å². The molecule has 0 aliphatic rings. The van der Waals surface area contributed by atoms with E-state index in [0.717, 1.165) is 0 Å². The van der Waals surface area contributed by atoms with Crippen molar-refractivity contribution >= 4 is 40.6 Å². The number of carbonyl (C=O) groups is 1. The number of nitrogens with two attached hydrogens (primary N) is 1. The summed E-state index contributed by atoms with van der Waals surface area (Å²) in [6, 6.07) is 4.71. The SMILES string of the molecule is CCC(C(=O)Nc1ccc(Cl)cc1Cl)C(N)=NO. The number of oxime groups is 1. The number of nitrogens with zero attached hydrogens (tertiary/aromatic N) is 1. The summed E-state index contributed by atoms with van der Waals surface area (Å²) in [7, 11) is 0. The first-order valence-electron chi connectivity index (χ1n) is 5.23. The maximum absolute atomic E-state index is 11.9. The van der Waals surface area contributed by atoms with Crippen molar-refractivity contribution in [1.82, 2.24) is 0 Å². The van der Waals surface area contributed by atoms with Gasteiger partial charge in [-0.1, -0.05) is 35.3 Å². The summed E-state index contributed by atoms with van der Waals surface area (Å²) in [6.45, 7) is 1.76. The van der Waals surface area contributed by atoms with E-state index in [1.807, 2.05) is 0 Å². The van der Waals surface area contributed by atoms with Gasteiger partial charge in [0.2, 0.25) is 5.91 Å². The van der Waals surface area contributed by atoms with Crippen molar-refractivity contribution in [1.29, 1.82) is 0 Å². The molecule has 0 saturated heterocycles. The number of benzene rings is 1. The fraction of sp³-hybridized carbons (Fsp3) is 0.273. The number of rotatable bonds is 4. The van der Waals surface area contributed by atoms with Gasteiger partial charge in [-0.2, -0.15) is 0 Å². The molecule has 1 atom stereocenters. The summed E-state index contributed by atoms with van der Waals surface area (Å²) in [5.41, 5.74) is 5.86. The molecule has 98 valence electrons. The van der Waals surface area contributed by atoms with Gasteiger partial charge in [-0.25, -0.2) is 0 Å². The van der Waals surface area contributed by atoms with Gasteiger partial charge in [0.1, 0.15) is 0 Å². The van der Waals surface area contributed by atoms with Crippen molar-refractivity contribution in [3.63, 3.8) is 0 Å². The van der Waals surface area contributed by atoms with Gasteiger partial charge in [0, 0.05) is 5.02 Å². The minimum Gasteiger partial charge on any atom is -0.409 e. The van der Waals surface area contributed by atoms with Crippen LogP contribution in [0.3, 0.4) is 0 Å². The Morgan fingerprint density at radius 3 is 2.72 bits per heavy atom. The highest BCUT2D eigenvalue weighted by molar-refractivity contribution is 6.36. The molecule has 0 radical (unpaired) electrons. The molecule has 0 aliphatic carbocycles. The number of hydrogen-bond acceptors (Lipinski definition) is 3. The standard InChI is InChI=1S/C11H13Cl2N3O2/c1-2-7(10(14)16-18)11(17)15-9-4-3-6(12)5-8(9)13/h3-5,7,18H,2H2,1H3,(H2,14,16)(H,15,17). The Bertz CT molecular complexity index is 477. The molecule has 1 aromatic rings. The van der Waals surface area contributed by atoms with Crippen LogP contribution in [0.15, 0.2) is 23.4 Å². The molecule has 0 aromatic heterocycles. The molecule has 1 unspecified atom stereocenters. The Kier molecular flexibility index (Phi) is 5.25. The smallest absolute Gasteiger partial charge is 0.235 e. The number of halogens is 2. The van der Waals surface area contributed by atoms with Gasteiger partial charge in [-0.3, -0.25) is 4.79 Å². The topological polar surface area (TPSA) is 87.7 Å². The summed E-state index contributed by atoms with van der Waals surface area (Å²) in [4.78, 5) is 11.9. The van der Waals surface area contributed by atoms with E-state index in [0.29, 0.717) is 22.2 Å². The summed E-state index contributed by atoms with van der Waals surface area (Å²) < 4.78 is 0. The Balaban J connectivity index is 2.86. The molecule has 1 aromatic carbocycles. The number of amidine groups is 1. The van der Waals surface area contributed by atoms with E-state index < -0.39 is 11.8 Å². The second kappa shape index (κ2) is 6.47. The molecule has 4 N–H and O–H groups in total. The lowest BCUT2D eigenvalue weighted by Crippen LogP contribution is -2.34. The fourth-order valence-corrected chi connectivity index (χ4v) is 1.86. The molecule has 0 heterocycles. The first kappa shape index (κ1) is 14.6. The van der Waals surface area contributed by atoms with Gasteiger partial charge in [-0.15, -0.1) is 0 Å². The van der Waals surface area contributed by atoms with Crippen LogP contribution in [0.25, 0.3) is 0 Å². The highest BCUT2D eigenvalue weighted by Crippen LogP contribution is 2.25. The third-order valence-electron chi connectivity index (χ3n) is 2.39. The molecule has 5 nitrogen and oxygen atoms in total. The highest BCUT2D eigenvalue weighted by Gasteiger charge is 2.21. The number of nitrogens with one attached hydrogen (secondary N) is 1. The Hall–Kier alpha value is -1.46. The van der Waals surface area contributed by atoms with Crippen LogP contribution in [0, 0.1) is 5.92 Å². The van der Waals surface area contributed by atoms with Crippen LogP contribution in [-0.4, -0.2) is 17.0 Å². The summed E-state index contributed by atoms with van der Waals surface area (Å²) in [6.07, 6.45) is 0.410. The number of carbonyl (C=O) groups excluding carboxylic acids is 1.